The van der Waals surface area contributed by atoms with Crippen LogP contribution in [0.15, 0.2) is 0 Å². The Morgan fingerprint density at radius 3 is 0.955 bits per heavy atom. The molecule has 1 heteroatoms. The van der Waals surface area contributed by atoms with Gasteiger partial charge in [0.1, 0.15) is 0 Å². The van der Waals surface area contributed by atoms with Gasteiger partial charge in [0.15, 0.2) is 0 Å². The van der Waals surface area contributed by atoms with Crippen molar-refractivity contribution in [2.24, 2.45) is 17.8 Å². The van der Waals surface area contributed by atoms with Crippen molar-refractivity contribution in [1.82, 2.24) is 0 Å². The molecular formula is C21H45Al. The van der Waals surface area contributed by atoms with Crippen molar-refractivity contribution >= 4 is 14.1 Å². The Morgan fingerprint density at radius 2 is 0.727 bits per heavy atom. The molecule has 0 amide bonds. The fourth-order valence-electron chi connectivity index (χ4n) is 3.39. The van der Waals surface area contributed by atoms with Gasteiger partial charge in [-0.1, -0.05) is 115 Å². The van der Waals surface area contributed by atoms with Crippen LogP contribution in [0.4, 0.5) is 0 Å². The molecule has 0 heterocycles. The summed E-state index contributed by atoms with van der Waals surface area (Å²) in [5, 5.41) is 4.90. The van der Waals surface area contributed by atoms with Gasteiger partial charge >= 0.3 is 0 Å². The van der Waals surface area contributed by atoms with Gasteiger partial charge in [-0.15, -0.1) is 0 Å². The summed E-state index contributed by atoms with van der Waals surface area (Å²) in [5.41, 5.74) is 0. The molecule has 0 spiro atoms. The molecule has 0 saturated carbocycles. The van der Waals surface area contributed by atoms with Crippen molar-refractivity contribution in [2.45, 2.75) is 115 Å². The van der Waals surface area contributed by atoms with Crippen LogP contribution in [0.2, 0.25) is 15.8 Å². The maximum atomic E-state index is 2.37. The normalized spacial score (nSPS) is 11.9. The van der Waals surface area contributed by atoms with Crippen molar-refractivity contribution in [3.05, 3.63) is 0 Å². The first kappa shape index (κ1) is 22.5. The lowest BCUT2D eigenvalue weighted by Gasteiger charge is -2.13. The fraction of sp³-hybridized carbons (Fsp3) is 1.00. The predicted octanol–water partition coefficient (Wildman–Crippen LogP) is 7.96. The molecule has 132 valence electrons. The maximum Gasteiger partial charge on any atom is 0.261 e. The van der Waals surface area contributed by atoms with Crippen LogP contribution in [0.1, 0.15) is 99.3 Å². The lowest BCUT2D eigenvalue weighted by Crippen LogP contribution is -2.12. The van der Waals surface area contributed by atoms with Crippen LogP contribution in [0.3, 0.4) is 0 Å². The second kappa shape index (κ2) is 15.1. The molecule has 0 atom stereocenters. The number of rotatable bonds is 15. The van der Waals surface area contributed by atoms with Gasteiger partial charge in [0.05, 0.1) is 0 Å². The van der Waals surface area contributed by atoms with E-state index in [9.17, 15) is 0 Å². The molecule has 0 aliphatic heterocycles. The Bertz CT molecular complexity index is 182. The SMILES string of the molecule is CC(C)CCC[CH2][Al]([CH2]CCCC(C)C)[CH2]CCCC(C)C. The van der Waals surface area contributed by atoms with E-state index in [-0.39, 0.29) is 0 Å². The second-order valence-corrected chi connectivity index (χ2v) is 12.4. The van der Waals surface area contributed by atoms with Crippen molar-refractivity contribution in [3.8, 4) is 0 Å². The summed E-state index contributed by atoms with van der Waals surface area (Å²) in [6.45, 7) is 14.2. The zero-order valence-electron chi connectivity index (χ0n) is 16.8. The molecule has 0 aromatic rings. The summed E-state index contributed by atoms with van der Waals surface area (Å²) in [4.78, 5) is 0. The predicted molar refractivity (Wildman–Crippen MR) is 106 cm³/mol. The van der Waals surface area contributed by atoms with Crippen LogP contribution in [0.5, 0.6) is 0 Å². The molecule has 0 radical (unpaired) electrons. The van der Waals surface area contributed by atoms with Crippen LogP contribution in [0.25, 0.3) is 0 Å². The molecular weight excluding hydrogens is 279 g/mol. The van der Waals surface area contributed by atoms with Crippen LogP contribution < -0.4 is 0 Å². The van der Waals surface area contributed by atoms with Gasteiger partial charge in [-0.05, 0) is 17.8 Å². The summed E-state index contributed by atoms with van der Waals surface area (Å²) in [5.74, 6) is 2.70. The van der Waals surface area contributed by atoms with Crippen LogP contribution in [-0.2, 0) is 0 Å². The van der Waals surface area contributed by atoms with Crippen molar-refractivity contribution < 1.29 is 0 Å². The van der Waals surface area contributed by atoms with Gasteiger partial charge < -0.3 is 0 Å². The quantitative estimate of drug-likeness (QED) is 0.212. The second-order valence-electron chi connectivity index (χ2n) is 8.90. The molecule has 0 fully saturated rings. The number of unbranched alkanes of at least 4 members (excludes halogenated alkanes) is 3. The molecule has 0 saturated heterocycles. The van der Waals surface area contributed by atoms with Gasteiger partial charge in [0.2, 0.25) is 0 Å². The molecule has 0 aromatic carbocycles. The third-order valence-electron chi connectivity index (χ3n) is 4.93. The molecule has 0 unspecified atom stereocenters. The summed E-state index contributed by atoms with van der Waals surface area (Å²) < 4.78 is 0. The van der Waals surface area contributed by atoms with E-state index in [1.807, 2.05) is 0 Å². The smallest absolute Gasteiger partial charge is 0.0939 e. The third-order valence-corrected chi connectivity index (χ3v) is 8.61. The van der Waals surface area contributed by atoms with Gasteiger partial charge in [-0.25, -0.2) is 0 Å². The molecule has 0 N–H and O–H groups in total. The highest BCUT2D eigenvalue weighted by atomic mass is 27.2. The molecule has 0 aliphatic carbocycles. The first-order valence-corrected chi connectivity index (χ1v) is 12.9. The minimum atomic E-state index is -0.423. The summed E-state index contributed by atoms with van der Waals surface area (Å²) in [7, 11) is 0. The first-order valence-electron chi connectivity index (χ1n) is 10.4. The van der Waals surface area contributed by atoms with E-state index in [1.54, 1.807) is 15.8 Å². The van der Waals surface area contributed by atoms with Crippen LogP contribution in [-0.4, -0.2) is 14.1 Å². The van der Waals surface area contributed by atoms with Crippen molar-refractivity contribution in [2.75, 3.05) is 0 Å². The zero-order chi connectivity index (χ0) is 16.8. The highest BCUT2D eigenvalue weighted by molar-refractivity contribution is 6.58. The molecule has 0 nitrogen and oxygen atoms in total. The third kappa shape index (κ3) is 16.9. The number of hydrogen-bond acceptors (Lipinski definition) is 0. The Kier molecular flexibility index (Phi) is 15.4. The Morgan fingerprint density at radius 1 is 0.455 bits per heavy atom. The van der Waals surface area contributed by atoms with Gasteiger partial charge in [-0.3, -0.25) is 0 Å². The van der Waals surface area contributed by atoms with Gasteiger partial charge in [0, 0.05) is 0 Å². The van der Waals surface area contributed by atoms with Gasteiger partial charge in [0.25, 0.3) is 14.1 Å². The zero-order valence-corrected chi connectivity index (χ0v) is 17.9. The monoisotopic (exact) mass is 324 g/mol. The minimum absolute atomic E-state index is 0.423. The highest BCUT2D eigenvalue weighted by Gasteiger charge is 2.16. The van der Waals surface area contributed by atoms with Crippen molar-refractivity contribution in [1.29, 1.82) is 0 Å². The van der Waals surface area contributed by atoms with Crippen molar-refractivity contribution in [3.63, 3.8) is 0 Å². The molecule has 22 heavy (non-hydrogen) atoms. The van der Waals surface area contributed by atoms with E-state index in [2.05, 4.69) is 41.5 Å². The Hall–Kier alpha value is 0.532. The standard InChI is InChI=1S/3C7H15.Al/c3*1-4-5-6-7(2)3;/h3*7H,1,4-6H2,2-3H3;. The van der Waals surface area contributed by atoms with E-state index >= 15 is 0 Å². The van der Waals surface area contributed by atoms with Crippen LogP contribution in [0, 0.1) is 17.8 Å². The molecule has 0 rings (SSSR count). The summed E-state index contributed by atoms with van der Waals surface area (Å²) >= 11 is -0.423. The Labute approximate surface area is 147 Å². The lowest BCUT2D eigenvalue weighted by molar-refractivity contribution is 0.539. The molecule has 0 aromatic heterocycles. The molecule has 0 bridgehead atoms. The highest BCUT2D eigenvalue weighted by Crippen LogP contribution is 2.21. The van der Waals surface area contributed by atoms with E-state index in [0.717, 1.165) is 17.8 Å². The largest absolute Gasteiger partial charge is 0.261 e. The van der Waals surface area contributed by atoms with Gasteiger partial charge in [-0.2, -0.15) is 0 Å². The number of hydrogen-bond donors (Lipinski definition) is 0. The van der Waals surface area contributed by atoms with E-state index in [1.165, 1.54) is 57.8 Å². The Balaban J connectivity index is 3.86. The lowest BCUT2D eigenvalue weighted by atomic mass is 10.1. The van der Waals surface area contributed by atoms with E-state index in [0.29, 0.717) is 0 Å². The first-order chi connectivity index (χ1) is 10.4. The average molecular weight is 325 g/mol. The van der Waals surface area contributed by atoms with E-state index < -0.39 is 14.1 Å². The van der Waals surface area contributed by atoms with Crippen LogP contribution >= 0.6 is 0 Å². The summed E-state index contributed by atoms with van der Waals surface area (Å²) in [6.07, 6.45) is 13.4. The fourth-order valence-corrected chi connectivity index (χ4v) is 6.85. The molecule has 0 aliphatic rings. The minimum Gasteiger partial charge on any atom is -0.0939 e. The summed E-state index contributed by atoms with van der Waals surface area (Å²) in [6, 6.07) is 0. The average Bonchev–Trinajstić information content (AvgIpc) is 2.42. The maximum absolute atomic E-state index is 2.37. The van der Waals surface area contributed by atoms with E-state index in [4.69, 9.17) is 0 Å². The topological polar surface area (TPSA) is 0 Å².